The molecule has 0 bridgehead atoms. The molecule has 0 aliphatic carbocycles. The summed E-state index contributed by atoms with van der Waals surface area (Å²) in [7, 11) is 1.25. The van der Waals surface area contributed by atoms with Crippen molar-refractivity contribution in [2.75, 3.05) is 20.3 Å². The second-order valence-electron chi connectivity index (χ2n) is 5.37. The lowest BCUT2D eigenvalue weighted by Crippen LogP contribution is -2.30. The van der Waals surface area contributed by atoms with Crippen LogP contribution in [0.4, 0.5) is 0 Å². The van der Waals surface area contributed by atoms with E-state index in [1.807, 2.05) is 12.1 Å². The molecule has 136 valence electrons. The highest BCUT2D eigenvalue weighted by molar-refractivity contribution is 6.30. The maximum absolute atomic E-state index is 12.0. The number of esters is 2. The number of hydrogen-bond acceptors (Lipinski definition) is 5. The van der Waals surface area contributed by atoms with Gasteiger partial charge in [0.05, 0.1) is 18.2 Å². The average molecular weight is 376 g/mol. The molecule has 0 spiro atoms. The van der Waals surface area contributed by atoms with Crippen molar-refractivity contribution in [3.8, 4) is 0 Å². The molecule has 0 saturated carbocycles. The number of nitrogens with one attached hydrogen (secondary N) is 1. The Morgan fingerprint density at radius 2 is 1.65 bits per heavy atom. The lowest BCUT2D eigenvalue weighted by Gasteiger charge is -2.07. The van der Waals surface area contributed by atoms with E-state index in [1.54, 1.807) is 12.1 Å². The zero-order valence-corrected chi connectivity index (χ0v) is 14.9. The molecule has 26 heavy (non-hydrogen) atoms. The summed E-state index contributed by atoms with van der Waals surface area (Å²) in [4.78, 5) is 35.2. The van der Waals surface area contributed by atoms with Gasteiger partial charge in [-0.2, -0.15) is 0 Å². The van der Waals surface area contributed by atoms with Gasteiger partial charge in [-0.05, 0) is 42.3 Å². The third-order valence-electron chi connectivity index (χ3n) is 3.50. The number of benzene rings is 2. The van der Waals surface area contributed by atoms with Gasteiger partial charge in [-0.15, -0.1) is 0 Å². The first kappa shape index (κ1) is 19.5. The van der Waals surface area contributed by atoms with Crippen LogP contribution < -0.4 is 5.32 Å². The smallest absolute Gasteiger partial charge is 0.338 e. The average Bonchev–Trinajstić information content (AvgIpc) is 2.67. The van der Waals surface area contributed by atoms with Crippen LogP contribution >= 0.6 is 11.6 Å². The number of amides is 1. The molecule has 2 aromatic carbocycles. The first-order valence-electron chi connectivity index (χ1n) is 7.86. The topological polar surface area (TPSA) is 81.7 Å². The first-order chi connectivity index (χ1) is 12.5. The Bertz CT molecular complexity index is 789. The van der Waals surface area contributed by atoms with Crippen molar-refractivity contribution in [3.63, 3.8) is 0 Å². The van der Waals surface area contributed by atoms with E-state index in [2.05, 4.69) is 10.1 Å². The lowest BCUT2D eigenvalue weighted by molar-refractivity contribution is -0.124. The minimum atomic E-state index is -0.691. The number of methoxy groups -OCH3 is 1. The van der Waals surface area contributed by atoms with E-state index >= 15 is 0 Å². The van der Waals surface area contributed by atoms with Crippen LogP contribution in [0.15, 0.2) is 48.5 Å². The molecular formula is C19H18ClNO5. The van der Waals surface area contributed by atoms with Crippen molar-refractivity contribution in [2.24, 2.45) is 0 Å². The number of rotatable bonds is 7. The summed E-state index contributed by atoms with van der Waals surface area (Å²) in [6.07, 6.45) is 0.637. The second-order valence-corrected chi connectivity index (χ2v) is 5.81. The van der Waals surface area contributed by atoms with E-state index < -0.39 is 24.5 Å². The Kier molecular flexibility index (Phi) is 7.17. The summed E-state index contributed by atoms with van der Waals surface area (Å²) >= 11 is 5.81. The molecule has 1 amide bonds. The van der Waals surface area contributed by atoms with Crippen molar-refractivity contribution < 1.29 is 23.9 Å². The molecule has 0 radical (unpaired) electrons. The molecule has 0 atom stereocenters. The Balaban J connectivity index is 1.77. The predicted octanol–water partition coefficient (Wildman–Crippen LogP) is 2.64. The van der Waals surface area contributed by atoms with Crippen LogP contribution in [0.2, 0.25) is 5.02 Å². The quantitative estimate of drug-likeness (QED) is 0.752. The van der Waals surface area contributed by atoms with E-state index in [-0.39, 0.29) is 11.1 Å². The fourth-order valence-corrected chi connectivity index (χ4v) is 2.28. The Morgan fingerprint density at radius 3 is 2.31 bits per heavy atom. The normalized spacial score (nSPS) is 10.1. The summed E-state index contributed by atoms with van der Waals surface area (Å²) in [5, 5.41) is 3.32. The van der Waals surface area contributed by atoms with Crippen LogP contribution in [-0.4, -0.2) is 38.1 Å². The largest absolute Gasteiger partial charge is 0.465 e. The van der Waals surface area contributed by atoms with E-state index in [0.717, 1.165) is 5.56 Å². The highest BCUT2D eigenvalue weighted by Gasteiger charge is 2.13. The molecule has 0 saturated heterocycles. The molecule has 7 heteroatoms. The third kappa shape index (κ3) is 5.89. The van der Waals surface area contributed by atoms with Gasteiger partial charge in [0.2, 0.25) is 0 Å². The van der Waals surface area contributed by atoms with E-state index in [9.17, 15) is 14.4 Å². The monoisotopic (exact) mass is 375 g/mol. The van der Waals surface area contributed by atoms with Gasteiger partial charge in [0.1, 0.15) is 0 Å². The molecule has 0 aliphatic heterocycles. The second kappa shape index (κ2) is 9.58. The minimum absolute atomic E-state index is 0.168. The summed E-state index contributed by atoms with van der Waals surface area (Å²) in [5.41, 5.74) is 1.43. The number of carbonyl (C=O) groups is 3. The number of ether oxygens (including phenoxy) is 2. The summed E-state index contributed by atoms with van der Waals surface area (Å²) in [6.45, 7) is 0.0117. The summed E-state index contributed by atoms with van der Waals surface area (Å²) < 4.78 is 9.55. The Hall–Kier alpha value is -2.86. The SMILES string of the molecule is COC(=O)c1cccc(C(=O)OCC(=O)NCCc2ccc(Cl)cc2)c1. The van der Waals surface area contributed by atoms with E-state index in [0.29, 0.717) is 18.0 Å². The summed E-state index contributed by atoms with van der Waals surface area (Å²) in [5.74, 6) is -1.65. The van der Waals surface area contributed by atoms with Crippen LogP contribution in [-0.2, 0) is 20.7 Å². The molecule has 0 unspecified atom stereocenters. The van der Waals surface area contributed by atoms with E-state index in [4.69, 9.17) is 16.3 Å². The molecule has 6 nitrogen and oxygen atoms in total. The zero-order valence-electron chi connectivity index (χ0n) is 14.2. The van der Waals surface area contributed by atoms with Gasteiger partial charge in [0.25, 0.3) is 5.91 Å². The molecule has 0 heterocycles. The Morgan fingerprint density at radius 1 is 1.00 bits per heavy atom. The van der Waals surface area contributed by atoms with Gasteiger partial charge in [0, 0.05) is 11.6 Å². The Labute approximate surface area is 156 Å². The maximum atomic E-state index is 12.0. The van der Waals surface area contributed by atoms with Gasteiger partial charge in [-0.1, -0.05) is 29.8 Å². The van der Waals surface area contributed by atoms with Gasteiger partial charge >= 0.3 is 11.9 Å². The lowest BCUT2D eigenvalue weighted by atomic mass is 10.1. The molecular weight excluding hydrogens is 358 g/mol. The predicted molar refractivity (Wildman–Crippen MR) is 96.2 cm³/mol. The third-order valence-corrected chi connectivity index (χ3v) is 3.75. The van der Waals surface area contributed by atoms with Gasteiger partial charge in [-0.3, -0.25) is 4.79 Å². The van der Waals surface area contributed by atoms with Crippen LogP contribution in [0.1, 0.15) is 26.3 Å². The van der Waals surface area contributed by atoms with Crippen LogP contribution in [0.5, 0.6) is 0 Å². The van der Waals surface area contributed by atoms with Crippen LogP contribution in [0.25, 0.3) is 0 Å². The van der Waals surface area contributed by atoms with Gasteiger partial charge in [-0.25, -0.2) is 9.59 Å². The minimum Gasteiger partial charge on any atom is -0.465 e. The number of halogens is 1. The first-order valence-corrected chi connectivity index (χ1v) is 8.24. The highest BCUT2D eigenvalue weighted by atomic mass is 35.5. The fraction of sp³-hybridized carbons (Fsp3) is 0.211. The van der Waals surface area contributed by atoms with Crippen molar-refractivity contribution in [1.29, 1.82) is 0 Å². The standard InChI is InChI=1S/C19H18ClNO5/c1-25-18(23)14-3-2-4-15(11-14)19(24)26-12-17(22)21-10-9-13-5-7-16(20)8-6-13/h2-8,11H,9-10,12H2,1H3,(H,21,22). The zero-order chi connectivity index (χ0) is 18.9. The summed E-state index contributed by atoms with van der Waals surface area (Å²) in [6, 6.07) is 13.2. The van der Waals surface area contributed by atoms with Gasteiger partial charge in [0.15, 0.2) is 6.61 Å². The molecule has 0 fully saturated rings. The number of hydrogen-bond donors (Lipinski definition) is 1. The number of carbonyl (C=O) groups excluding carboxylic acids is 3. The van der Waals surface area contributed by atoms with Crippen molar-refractivity contribution in [3.05, 3.63) is 70.2 Å². The van der Waals surface area contributed by atoms with Crippen molar-refractivity contribution in [2.45, 2.75) is 6.42 Å². The molecule has 0 aliphatic rings. The highest BCUT2D eigenvalue weighted by Crippen LogP contribution is 2.10. The molecule has 1 N–H and O–H groups in total. The van der Waals surface area contributed by atoms with Crippen LogP contribution in [0.3, 0.4) is 0 Å². The van der Waals surface area contributed by atoms with Gasteiger partial charge < -0.3 is 14.8 Å². The molecule has 2 aromatic rings. The molecule has 2 rings (SSSR count). The van der Waals surface area contributed by atoms with Crippen molar-refractivity contribution >= 4 is 29.4 Å². The van der Waals surface area contributed by atoms with Crippen LogP contribution in [0, 0.1) is 0 Å². The van der Waals surface area contributed by atoms with E-state index in [1.165, 1.54) is 31.4 Å². The fourth-order valence-electron chi connectivity index (χ4n) is 2.15. The molecule has 0 aromatic heterocycles. The maximum Gasteiger partial charge on any atom is 0.338 e. The van der Waals surface area contributed by atoms with Crippen molar-refractivity contribution in [1.82, 2.24) is 5.32 Å².